The monoisotopic (exact) mass is 326 g/mol. The molecule has 0 aromatic heterocycles. The number of benzene rings is 1. The van der Waals surface area contributed by atoms with Crippen molar-refractivity contribution in [2.45, 2.75) is 26.1 Å². The van der Waals surface area contributed by atoms with E-state index >= 15 is 0 Å². The van der Waals surface area contributed by atoms with Crippen LogP contribution in [-0.4, -0.2) is 19.6 Å². The fourth-order valence-corrected chi connectivity index (χ4v) is 1.79. The van der Waals surface area contributed by atoms with E-state index in [0.717, 1.165) is 10.0 Å². The van der Waals surface area contributed by atoms with E-state index in [0.29, 0.717) is 5.75 Å². The minimum atomic E-state index is -4.61. The van der Waals surface area contributed by atoms with Gasteiger partial charge in [0, 0.05) is 4.47 Å². The Bertz CT molecular complexity index is 391. The van der Waals surface area contributed by atoms with Crippen LogP contribution in [0.15, 0.2) is 22.7 Å². The number of hydrogen-bond acceptors (Lipinski definition) is 2. The zero-order valence-corrected chi connectivity index (χ0v) is 11.6. The summed E-state index contributed by atoms with van der Waals surface area (Å²) in [6.45, 7) is 3.32. The molecule has 0 N–H and O–H groups in total. The molecule has 6 heteroatoms. The standard InChI is InChI=1S/C12H14BrF3O2/c1-8(2)10-7-9(13)3-4-11(10)17-5-6-18-12(14,15)16/h3-4,7-8H,5-6H2,1-2H3. The minimum absolute atomic E-state index is 0.138. The quantitative estimate of drug-likeness (QED) is 0.742. The van der Waals surface area contributed by atoms with E-state index in [-0.39, 0.29) is 12.5 Å². The highest BCUT2D eigenvalue weighted by atomic mass is 79.9. The molecule has 0 saturated carbocycles. The lowest BCUT2D eigenvalue weighted by Crippen LogP contribution is -2.18. The van der Waals surface area contributed by atoms with Gasteiger partial charge in [0.25, 0.3) is 0 Å². The van der Waals surface area contributed by atoms with Crippen molar-refractivity contribution >= 4 is 15.9 Å². The Balaban J connectivity index is 2.57. The van der Waals surface area contributed by atoms with E-state index in [4.69, 9.17) is 4.74 Å². The molecule has 0 aliphatic rings. The third kappa shape index (κ3) is 5.27. The first-order valence-electron chi connectivity index (χ1n) is 5.42. The summed E-state index contributed by atoms with van der Waals surface area (Å²) in [6.07, 6.45) is -4.61. The molecule has 0 atom stereocenters. The molecule has 1 aromatic carbocycles. The molecule has 2 nitrogen and oxygen atoms in total. The van der Waals surface area contributed by atoms with E-state index in [2.05, 4.69) is 20.7 Å². The maximum atomic E-state index is 11.8. The van der Waals surface area contributed by atoms with Gasteiger partial charge in [-0.2, -0.15) is 0 Å². The topological polar surface area (TPSA) is 18.5 Å². The van der Waals surface area contributed by atoms with Gasteiger partial charge in [0.1, 0.15) is 12.4 Å². The van der Waals surface area contributed by atoms with Crippen molar-refractivity contribution in [1.29, 1.82) is 0 Å². The van der Waals surface area contributed by atoms with Gasteiger partial charge in [-0.1, -0.05) is 29.8 Å². The van der Waals surface area contributed by atoms with Gasteiger partial charge in [-0.25, -0.2) is 0 Å². The lowest BCUT2D eigenvalue weighted by atomic mass is 10.0. The second-order valence-electron chi connectivity index (χ2n) is 3.98. The fourth-order valence-electron chi connectivity index (χ4n) is 1.41. The molecule has 0 aliphatic heterocycles. The van der Waals surface area contributed by atoms with Gasteiger partial charge in [0.2, 0.25) is 0 Å². The average Bonchev–Trinajstić information content (AvgIpc) is 2.24. The molecular weight excluding hydrogens is 313 g/mol. The van der Waals surface area contributed by atoms with Gasteiger partial charge < -0.3 is 4.74 Å². The van der Waals surface area contributed by atoms with Gasteiger partial charge in [0.05, 0.1) is 6.61 Å². The van der Waals surface area contributed by atoms with E-state index in [1.54, 1.807) is 12.1 Å². The number of alkyl halides is 3. The molecule has 0 spiro atoms. The third-order valence-electron chi connectivity index (χ3n) is 2.20. The van der Waals surface area contributed by atoms with Crippen molar-refractivity contribution in [3.63, 3.8) is 0 Å². The zero-order chi connectivity index (χ0) is 13.8. The van der Waals surface area contributed by atoms with Gasteiger partial charge in [0.15, 0.2) is 0 Å². The van der Waals surface area contributed by atoms with Gasteiger partial charge in [-0.05, 0) is 29.7 Å². The van der Waals surface area contributed by atoms with Crippen LogP contribution in [0, 0.1) is 0 Å². The first kappa shape index (κ1) is 15.3. The van der Waals surface area contributed by atoms with Crippen molar-refractivity contribution in [3.8, 4) is 5.75 Å². The average molecular weight is 327 g/mol. The fraction of sp³-hybridized carbons (Fsp3) is 0.500. The smallest absolute Gasteiger partial charge is 0.491 e. The van der Waals surface area contributed by atoms with Crippen LogP contribution < -0.4 is 4.74 Å². The summed E-state index contributed by atoms with van der Waals surface area (Å²) in [4.78, 5) is 0. The van der Waals surface area contributed by atoms with Crippen LogP contribution in [-0.2, 0) is 4.74 Å². The normalized spacial score (nSPS) is 11.9. The van der Waals surface area contributed by atoms with Crippen molar-refractivity contribution in [2.24, 2.45) is 0 Å². The Labute approximate surface area is 112 Å². The number of hydrogen-bond donors (Lipinski definition) is 0. The van der Waals surface area contributed by atoms with Crippen LogP contribution in [0.25, 0.3) is 0 Å². The SMILES string of the molecule is CC(C)c1cc(Br)ccc1OCCOC(F)(F)F. The summed E-state index contributed by atoms with van der Waals surface area (Å²) in [5, 5.41) is 0. The first-order chi connectivity index (χ1) is 8.29. The Morgan fingerprint density at radius 3 is 2.44 bits per heavy atom. The summed E-state index contributed by atoms with van der Waals surface area (Å²) in [7, 11) is 0. The van der Waals surface area contributed by atoms with Crippen molar-refractivity contribution in [2.75, 3.05) is 13.2 Å². The molecule has 0 radical (unpaired) electrons. The highest BCUT2D eigenvalue weighted by Crippen LogP contribution is 2.29. The Morgan fingerprint density at radius 2 is 1.89 bits per heavy atom. The molecular formula is C12H14BrF3O2. The number of ether oxygens (including phenoxy) is 2. The largest absolute Gasteiger partial charge is 0.522 e. The molecule has 0 saturated heterocycles. The first-order valence-corrected chi connectivity index (χ1v) is 6.22. The molecule has 0 amide bonds. The maximum absolute atomic E-state index is 11.8. The molecule has 0 aliphatic carbocycles. The molecule has 0 unspecified atom stereocenters. The van der Waals surface area contributed by atoms with Crippen LogP contribution in [0.3, 0.4) is 0 Å². The van der Waals surface area contributed by atoms with Gasteiger partial charge in [-0.3, -0.25) is 4.74 Å². The molecule has 18 heavy (non-hydrogen) atoms. The lowest BCUT2D eigenvalue weighted by molar-refractivity contribution is -0.325. The van der Waals surface area contributed by atoms with Gasteiger partial charge in [-0.15, -0.1) is 13.2 Å². The second kappa shape index (κ2) is 6.43. The van der Waals surface area contributed by atoms with Crippen LogP contribution in [0.1, 0.15) is 25.3 Å². The van der Waals surface area contributed by atoms with E-state index in [1.807, 2.05) is 19.9 Å². The number of halogens is 4. The summed E-state index contributed by atoms with van der Waals surface area (Å²) >= 11 is 3.34. The van der Waals surface area contributed by atoms with Crippen molar-refractivity contribution in [1.82, 2.24) is 0 Å². The molecule has 0 bridgehead atoms. The minimum Gasteiger partial charge on any atom is -0.491 e. The molecule has 0 heterocycles. The van der Waals surface area contributed by atoms with Crippen molar-refractivity contribution < 1.29 is 22.6 Å². The van der Waals surface area contributed by atoms with Crippen LogP contribution in [0.2, 0.25) is 0 Å². The van der Waals surface area contributed by atoms with E-state index in [1.165, 1.54) is 0 Å². The van der Waals surface area contributed by atoms with Crippen LogP contribution in [0.4, 0.5) is 13.2 Å². The van der Waals surface area contributed by atoms with E-state index < -0.39 is 13.0 Å². The van der Waals surface area contributed by atoms with Crippen LogP contribution >= 0.6 is 15.9 Å². The predicted octanol–water partition coefficient (Wildman–Crippen LogP) is 4.49. The van der Waals surface area contributed by atoms with E-state index in [9.17, 15) is 13.2 Å². The Kier molecular flexibility index (Phi) is 5.47. The maximum Gasteiger partial charge on any atom is 0.522 e. The summed E-state index contributed by atoms with van der Waals surface area (Å²) < 4.78 is 45.1. The molecule has 102 valence electrons. The summed E-state index contributed by atoms with van der Waals surface area (Å²) in [5.41, 5.74) is 0.941. The molecule has 1 aromatic rings. The third-order valence-corrected chi connectivity index (χ3v) is 2.69. The summed E-state index contributed by atoms with van der Waals surface area (Å²) in [5.74, 6) is 0.806. The van der Waals surface area contributed by atoms with Crippen molar-refractivity contribution in [3.05, 3.63) is 28.2 Å². The van der Waals surface area contributed by atoms with Crippen LogP contribution in [0.5, 0.6) is 5.75 Å². The van der Waals surface area contributed by atoms with Gasteiger partial charge >= 0.3 is 6.36 Å². The lowest BCUT2D eigenvalue weighted by Gasteiger charge is -2.15. The highest BCUT2D eigenvalue weighted by Gasteiger charge is 2.28. The Morgan fingerprint density at radius 1 is 1.22 bits per heavy atom. The summed E-state index contributed by atoms with van der Waals surface area (Å²) in [6, 6.07) is 5.41. The molecule has 1 rings (SSSR count). The zero-order valence-electron chi connectivity index (χ0n) is 10.1. The molecule has 0 fully saturated rings. The predicted molar refractivity (Wildman–Crippen MR) is 65.7 cm³/mol. The number of rotatable bonds is 5. The highest BCUT2D eigenvalue weighted by molar-refractivity contribution is 9.10. The Hall–Kier alpha value is -0.750. The second-order valence-corrected chi connectivity index (χ2v) is 4.90.